The van der Waals surface area contributed by atoms with Crippen LogP contribution in [-0.2, 0) is 28.4 Å². The van der Waals surface area contributed by atoms with Gasteiger partial charge in [0.1, 0.15) is 19.0 Å². The van der Waals surface area contributed by atoms with Crippen molar-refractivity contribution in [1.82, 2.24) is 0 Å². The highest BCUT2D eigenvalue weighted by Gasteiger charge is 1.95. The summed E-state index contributed by atoms with van der Waals surface area (Å²) >= 11 is 0. The third-order valence-corrected chi connectivity index (χ3v) is 3.32. The first kappa shape index (κ1) is 24.7. The van der Waals surface area contributed by atoms with Crippen molar-refractivity contribution in [2.24, 2.45) is 0 Å². The predicted molar refractivity (Wildman–Crippen MR) is 103 cm³/mol. The first-order valence-corrected chi connectivity index (χ1v) is 9.63. The van der Waals surface area contributed by atoms with Crippen LogP contribution < -0.4 is 4.74 Å². The lowest BCUT2D eigenvalue weighted by Crippen LogP contribution is -2.15. The number of alkyl halides is 1. The Labute approximate surface area is 167 Å². The van der Waals surface area contributed by atoms with Gasteiger partial charge >= 0.3 is 0 Å². The molecule has 0 N–H and O–H groups in total. The Morgan fingerprint density at radius 1 is 0.464 bits per heavy atom. The Bertz CT molecular complexity index is 422. The zero-order valence-electron chi connectivity index (χ0n) is 16.5. The predicted octanol–water partition coefficient (Wildman–Crippen LogP) is 2.13. The van der Waals surface area contributed by atoms with Gasteiger partial charge in [-0.05, 0) is 12.1 Å². The summed E-state index contributed by atoms with van der Waals surface area (Å²) in [6.45, 7) is 5.64. The fourth-order valence-electron chi connectivity index (χ4n) is 1.99. The molecule has 1 aromatic rings. The molecule has 0 fully saturated rings. The van der Waals surface area contributed by atoms with Crippen molar-refractivity contribution in [2.75, 3.05) is 92.6 Å². The van der Waals surface area contributed by atoms with Gasteiger partial charge in [0, 0.05) is 0 Å². The van der Waals surface area contributed by atoms with E-state index in [1.807, 2.05) is 30.3 Å². The summed E-state index contributed by atoms with van der Waals surface area (Å²) in [5.74, 6) is 0.843. The van der Waals surface area contributed by atoms with Gasteiger partial charge in [-0.1, -0.05) is 18.2 Å². The van der Waals surface area contributed by atoms with Crippen LogP contribution in [0.25, 0.3) is 0 Å². The molecular formula is C20H33FO7. The van der Waals surface area contributed by atoms with E-state index in [2.05, 4.69) is 0 Å². The van der Waals surface area contributed by atoms with Gasteiger partial charge in [-0.2, -0.15) is 0 Å². The summed E-state index contributed by atoms with van der Waals surface area (Å²) in [4.78, 5) is 0. The topological polar surface area (TPSA) is 64.6 Å². The van der Waals surface area contributed by atoms with Gasteiger partial charge in [-0.15, -0.1) is 0 Å². The average molecular weight is 404 g/mol. The van der Waals surface area contributed by atoms with E-state index < -0.39 is 6.67 Å². The molecule has 0 atom stereocenters. The SMILES string of the molecule is FCCOCCOCCOCCOCCOCCOCCOc1ccccc1. The molecule has 7 nitrogen and oxygen atoms in total. The van der Waals surface area contributed by atoms with E-state index >= 15 is 0 Å². The molecule has 0 radical (unpaired) electrons. The van der Waals surface area contributed by atoms with E-state index in [1.165, 1.54) is 0 Å². The zero-order valence-corrected chi connectivity index (χ0v) is 16.5. The van der Waals surface area contributed by atoms with Gasteiger partial charge in [0.15, 0.2) is 0 Å². The van der Waals surface area contributed by atoms with Gasteiger partial charge in [-0.3, -0.25) is 0 Å². The lowest BCUT2D eigenvalue weighted by molar-refractivity contribution is -0.0181. The van der Waals surface area contributed by atoms with E-state index in [4.69, 9.17) is 33.2 Å². The van der Waals surface area contributed by atoms with E-state index in [0.717, 1.165) is 5.75 Å². The number of hydrogen-bond donors (Lipinski definition) is 0. The molecule has 1 rings (SSSR count). The molecule has 0 bridgehead atoms. The molecule has 1 aromatic carbocycles. The molecule has 0 amide bonds. The Hall–Kier alpha value is -1.29. The first-order valence-electron chi connectivity index (χ1n) is 9.63. The van der Waals surface area contributed by atoms with Gasteiger partial charge in [0.05, 0.1) is 79.3 Å². The second-order valence-corrected chi connectivity index (χ2v) is 5.52. The van der Waals surface area contributed by atoms with Gasteiger partial charge in [-0.25, -0.2) is 4.39 Å². The van der Waals surface area contributed by atoms with Crippen LogP contribution in [0.15, 0.2) is 30.3 Å². The van der Waals surface area contributed by atoms with Gasteiger partial charge in [0.25, 0.3) is 0 Å². The number of hydrogen-bond acceptors (Lipinski definition) is 7. The molecule has 0 aliphatic heterocycles. The lowest BCUT2D eigenvalue weighted by atomic mass is 10.3. The largest absolute Gasteiger partial charge is 0.491 e. The second-order valence-electron chi connectivity index (χ2n) is 5.52. The Kier molecular flexibility index (Phi) is 18.1. The molecule has 0 heterocycles. The second kappa shape index (κ2) is 20.4. The summed E-state index contributed by atoms with van der Waals surface area (Å²) in [6.07, 6.45) is 0. The summed E-state index contributed by atoms with van der Waals surface area (Å²) in [7, 11) is 0. The van der Waals surface area contributed by atoms with Crippen LogP contribution in [0.5, 0.6) is 5.75 Å². The van der Waals surface area contributed by atoms with E-state index in [0.29, 0.717) is 79.3 Å². The molecule has 0 aliphatic carbocycles. The number of rotatable bonds is 21. The van der Waals surface area contributed by atoms with Gasteiger partial charge in [0.2, 0.25) is 0 Å². The van der Waals surface area contributed by atoms with E-state index in [1.54, 1.807) is 0 Å². The highest BCUT2D eigenvalue weighted by Crippen LogP contribution is 2.07. The van der Waals surface area contributed by atoms with Crippen molar-refractivity contribution >= 4 is 0 Å². The van der Waals surface area contributed by atoms with Crippen molar-refractivity contribution in [1.29, 1.82) is 0 Å². The molecule has 0 aromatic heterocycles. The summed E-state index contributed by atoms with van der Waals surface area (Å²) in [5.41, 5.74) is 0. The molecule has 0 saturated heterocycles. The maximum atomic E-state index is 11.7. The molecule has 0 unspecified atom stereocenters. The molecule has 162 valence electrons. The third kappa shape index (κ3) is 16.9. The summed E-state index contributed by atoms with van der Waals surface area (Å²) in [6, 6.07) is 9.64. The highest BCUT2D eigenvalue weighted by atomic mass is 19.1. The number of para-hydroxylation sites is 1. The monoisotopic (exact) mass is 404 g/mol. The molecule has 0 aliphatic rings. The van der Waals surface area contributed by atoms with Crippen LogP contribution in [0.1, 0.15) is 0 Å². The number of benzene rings is 1. The van der Waals surface area contributed by atoms with Crippen molar-refractivity contribution in [3.8, 4) is 5.75 Å². The van der Waals surface area contributed by atoms with E-state index in [9.17, 15) is 4.39 Å². The minimum Gasteiger partial charge on any atom is -0.491 e. The van der Waals surface area contributed by atoms with Crippen LogP contribution in [0, 0.1) is 0 Å². The maximum absolute atomic E-state index is 11.7. The average Bonchev–Trinajstić information content (AvgIpc) is 2.73. The molecule has 0 saturated carbocycles. The number of halogens is 1. The molecule has 8 heteroatoms. The Morgan fingerprint density at radius 3 is 1.21 bits per heavy atom. The quantitative estimate of drug-likeness (QED) is 0.291. The fraction of sp³-hybridized carbons (Fsp3) is 0.700. The molecule has 0 spiro atoms. The van der Waals surface area contributed by atoms with Gasteiger partial charge < -0.3 is 33.2 Å². The van der Waals surface area contributed by atoms with E-state index in [-0.39, 0.29) is 6.61 Å². The fourth-order valence-corrected chi connectivity index (χ4v) is 1.99. The summed E-state index contributed by atoms with van der Waals surface area (Å²) in [5, 5.41) is 0. The number of ether oxygens (including phenoxy) is 7. The van der Waals surface area contributed by atoms with Crippen molar-refractivity contribution in [3.63, 3.8) is 0 Å². The first-order chi connectivity index (χ1) is 13.9. The standard InChI is InChI=1S/C20H33FO7/c21-6-7-22-8-9-23-10-11-24-12-13-25-14-15-26-16-17-27-18-19-28-20-4-2-1-3-5-20/h1-5H,6-19H2. The summed E-state index contributed by atoms with van der Waals surface area (Å²) < 4.78 is 49.0. The Morgan fingerprint density at radius 2 is 0.821 bits per heavy atom. The minimum absolute atomic E-state index is 0.123. The van der Waals surface area contributed by atoms with Crippen LogP contribution >= 0.6 is 0 Å². The van der Waals surface area contributed by atoms with Crippen LogP contribution in [0.4, 0.5) is 4.39 Å². The van der Waals surface area contributed by atoms with Crippen LogP contribution in [-0.4, -0.2) is 92.6 Å². The molecular weight excluding hydrogens is 371 g/mol. The molecule has 28 heavy (non-hydrogen) atoms. The lowest BCUT2D eigenvalue weighted by Gasteiger charge is -2.08. The van der Waals surface area contributed by atoms with Crippen LogP contribution in [0.2, 0.25) is 0 Å². The highest BCUT2D eigenvalue weighted by molar-refractivity contribution is 5.20. The van der Waals surface area contributed by atoms with Crippen LogP contribution in [0.3, 0.4) is 0 Å². The minimum atomic E-state index is -0.466. The Balaban J connectivity index is 1.67. The van der Waals surface area contributed by atoms with Crippen molar-refractivity contribution < 1.29 is 37.5 Å². The third-order valence-electron chi connectivity index (χ3n) is 3.32. The smallest absolute Gasteiger partial charge is 0.119 e. The van der Waals surface area contributed by atoms with Crippen molar-refractivity contribution in [2.45, 2.75) is 0 Å². The zero-order chi connectivity index (χ0) is 20.0. The maximum Gasteiger partial charge on any atom is 0.119 e. The normalized spacial score (nSPS) is 11.0. The van der Waals surface area contributed by atoms with Crippen molar-refractivity contribution in [3.05, 3.63) is 30.3 Å².